The molecule has 0 saturated carbocycles. The van der Waals surface area contributed by atoms with E-state index in [4.69, 9.17) is 27.9 Å². The number of hydrogen-bond donors (Lipinski definition) is 0. The second-order valence-electron chi connectivity index (χ2n) is 4.70. The molecule has 0 N–H and O–H groups in total. The molecular formula is C13H18Cl2N2O. The molecular weight excluding hydrogens is 271 g/mol. The molecule has 0 spiro atoms. The summed E-state index contributed by atoms with van der Waals surface area (Å²) in [6, 6.07) is 1.97. The molecule has 1 aromatic heterocycles. The number of aromatic nitrogens is 1. The van der Waals surface area contributed by atoms with E-state index in [-0.39, 0.29) is 0 Å². The molecule has 18 heavy (non-hydrogen) atoms. The lowest BCUT2D eigenvalue weighted by Gasteiger charge is -2.28. The van der Waals surface area contributed by atoms with E-state index >= 15 is 0 Å². The molecule has 1 aromatic rings. The summed E-state index contributed by atoms with van der Waals surface area (Å²) in [6.07, 6.45) is 3.93. The van der Waals surface area contributed by atoms with Crippen molar-refractivity contribution >= 4 is 29.0 Å². The van der Waals surface area contributed by atoms with Gasteiger partial charge in [0.15, 0.2) is 0 Å². The summed E-state index contributed by atoms with van der Waals surface area (Å²) >= 11 is 11.9. The Kier molecular flexibility index (Phi) is 5.10. The molecule has 5 heteroatoms. The Labute approximate surface area is 118 Å². The SMILES string of the molecule is CN(CC1CCOCC1)c1cc(CCl)c(Cl)cn1. The largest absolute Gasteiger partial charge is 0.381 e. The topological polar surface area (TPSA) is 25.4 Å². The molecule has 2 heterocycles. The lowest BCUT2D eigenvalue weighted by Crippen LogP contribution is -2.30. The highest BCUT2D eigenvalue weighted by Crippen LogP contribution is 2.23. The van der Waals surface area contributed by atoms with Crippen LogP contribution in [0.25, 0.3) is 0 Å². The van der Waals surface area contributed by atoms with Crippen LogP contribution in [-0.2, 0) is 10.6 Å². The summed E-state index contributed by atoms with van der Waals surface area (Å²) in [5, 5.41) is 0.633. The van der Waals surface area contributed by atoms with E-state index < -0.39 is 0 Å². The van der Waals surface area contributed by atoms with Gasteiger partial charge >= 0.3 is 0 Å². The van der Waals surface area contributed by atoms with E-state index in [1.54, 1.807) is 6.20 Å². The Morgan fingerprint density at radius 2 is 2.17 bits per heavy atom. The zero-order valence-corrected chi connectivity index (χ0v) is 12.0. The molecule has 0 unspecified atom stereocenters. The van der Waals surface area contributed by atoms with Gasteiger partial charge in [-0.1, -0.05) is 11.6 Å². The Bertz CT molecular complexity index is 395. The molecule has 100 valence electrons. The van der Waals surface area contributed by atoms with Crippen molar-refractivity contribution in [1.29, 1.82) is 0 Å². The highest BCUT2D eigenvalue weighted by Gasteiger charge is 2.17. The fourth-order valence-electron chi connectivity index (χ4n) is 2.19. The van der Waals surface area contributed by atoms with Gasteiger partial charge in [0.25, 0.3) is 0 Å². The standard InChI is InChI=1S/C13H18Cl2N2O/c1-17(9-10-2-4-18-5-3-10)13-6-11(7-14)12(15)8-16-13/h6,8,10H,2-5,7,9H2,1H3. The van der Waals surface area contributed by atoms with Crippen molar-refractivity contribution in [3.8, 4) is 0 Å². The normalized spacial score (nSPS) is 16.8. The maximum Gasteiger partial charge on any atom is 0.128 e. The number of alkyl halides is 1. The fraction of sp³-hybridized carbons (Fsp3) is 0.615. The molecule has 1 saturated heterocycles. The van der Waals surface area contributed by atoms with Gasteiger partial charge in [-0.3, -0.25) is 0 Å². The Hall–Kier alpha value is -0.510. The van der Waals surface area contributed by atoms with Crippen LogP contribution < -0.4 is 4.90 Å². The predicted octanol–water partition coefficient (Wildman–Crippen LogP) is 3.34. The van der Waals surface area contributed by atoms with Crippen molar-refractivity contribution in [2.75, 3.05) is 31.7 Å². The maximum absolute atomic E-state index is 6.01. The van der Waals surface area contributed by atoms with Crippen LogP contribution in [0, 0.1) is 5.92 Å². The van der Waals surface area contributed by atoms with E-state index in [0.29, 0.717) is 16.8 Å². The minimum atomic E-state index is 0.416. The molecule has 0 radical (unpaired) electrons. The average molecular weight is 289 g/mol. The van der Waals surface area contributed by atoms with Gasteiger partial charge in [0, 0.05) is 38.9 Å². The molecule has 1 aliphatic heterocycles. The van der Waals surface area contributed by atoms with Crippen LogP contribution in [0.1, 0.15) is 18.4 Å². The Morgan fingerprint density at radius 1 is 1.44 bits per heavy atom. The summed E-state index contributed by atoms with van der Waals surface area (Å²) in [5.74, 6) is 2.03. The minimum Gasteiger partial charge on any atom is -0.381 e. The van der Waals surface area contributed by atoms with Crippen LogP contribution in [0.4, 0.5) is 5.82 Å². The second-order valence-corrected chi connectivity index (χ2v) is 5.38. The first-order chi connectivity index (χ1) is 8.70. The number of pyridine rings is 1. The van der Waals surface area contributed by atoms with Gasteiger partial charge in [-0.05, 0) is 30.4 Å². The monoisotopic (exact) mass is 288 g/mol. The van der Waals surface area contributed by atoms with Gasteiger partial charge in [-0.25, -0.2) is 4.98 Å². The van der Waals surface area contributed by atoms with Gasteiger partial charge in [0.1, 0.15) is 5.82 Å². The van der Waals surface area contributed by atoms with Gasteiger partial charge < -0.3 is 9.64 Å². The molecule has 1 aliphatic rings. The summed E-state index contributed by atoms with van der Waals surface area (Å²) in [7, 11) is 2.06. The highest BCUT2D eigenvalue weighted by molar-refractivity contribution is 6.32. The first kappa shape index (κ1) is 13.9. The van der Waals surface area contributed by atoms with Crippen LogP contribution >= 0.6 is 23.2 Å². The summed E-state index contributed by atoms with van der Waals surface area (Å²) in [4.78, 5) is 6.53. The lowest BCUT2D eigenvalue weighted by atomic mass is 10.00. The van der Waals surface area contributed by atoms with Crippen molar-refractivity contribution in [3.63, 3.8) is 0 Å². The Balaban J connectivity index is 2.01. The molecule has 2 rings (SSSR count). The summed E-state index contributed by atoms with van der Waals surface area (Å²) in [5.41, 5.74) is 0.933. The minimum absolute atomic E-state index is 0.416. The smallest absolute Gasteiger partial charge is 0.128 e. The highest BCUT2D eigenvalue weighted by atomic mass is 35.5. The number of rotatable bonds is 4. The van der Waals surface area contributed by atoms with Gasteiger partial charge in [0.05, 0.1) is 5.02 Å². The third-order valence-electron chi connectivity index (χ3n) is 3.33. The van der Waals surface area contributed by atoms with Crippen LogP contribution in [0.15, 0.2) is 12.3 Å². The van der Waals surface area contributed by atoms with Crippen molar-refractivity contribution in [2.45, 2.75) is 18.7 Å². The number of halogens is 2. The van der Waals surface area contributed by atoms with Gasteiger partial charge in [-0.2, -0.15) is 0 Å². The molecule has 3 nitrogen and oxygen atoms in total. The van der Waals surface area contributed by atoms with Crippen LogP contribution in [0.5, 0.6) is 0 Å². The first-order valence-electron chi connectivity index (χ1n) is 6.20. The third kappa shape index (κ3) is 3.50. The van der Waals surface area contributed by atoms with E-state index in [2.05, 4.69) is 16.9 Å². The van der Waals surface area contributed by atoms with Crippen LogP contribution in [0.3, 0.4) is 0 Å². The zero-order valence-electron chi connectivity index (χ0n) is 10.5. The van der Waals surface area contributed by atoms with Crippen LogP contribution in [0.2, 0.25) is 5.02 Å². The molecule has 0 amide bonds. The second kappa shape index (κ2) is 6.60. The third-order valence-corrected chi connectivity index (χ3v) is 3.96. The van der Waals surface area contributed by atoms with Crippen molar-refractivity contribution in [3.05, 3.63) is 22.8 Å². The summed E-state index contributed by atoms with van der Waals surface area (Å²) in [6.45, 7) is 2.75. The van der Waals surface area contributed by atoms with Crippen molar-refractivity contribution < 1.29 is 4.74 Å². The van der Waals surface area contributed by atoms with Crippen LogP contribution in [-0.4, -0.2) is 31.8 Å². The molecule has 0 bridgehead atoms. The predicted molar refractivity (Wildman–Crippen MR) is 75.6 cm³/mol. The molecule has 0 aliphatic carbocycles. The maximum atomic E-state index is 6.01. The number of nitrogens with zero attached hydrogens (tertiary/aromatic N) is 2. The fourth-order valence-corrected chi connectivity index (χ4v) is 2.65. The molecule has 0 aromatic carbocycles. The average Bonchev–Trinajstić information content (AvgIpc) is 2.40. The van der Waals surface area contributed by atoms with E-state index in [1.165, 1.54) is 0 Å². The number of anilines is 1. The number of hydrogen-bond acceptors (Lipinski definition) is 3. The van der Waals surface area contributed by atoms with E-state index in [0.717, 1.165) is 44.0 Å². The summed E-state index contributed by atoms with van der Waals surface area (Å²) < 4.78 is 5.37. The number of ether oxygens (including phenoxy) is 1. The Morgan fingerprint density at radius 3 is 2.83 bits per heavy atom. The van der Waals surface area contributed by atoms with Gasteiger partial charge in [0.2, 0.25) is 0 Å². The van der Waals surface area contributed by atoms with Gasteiger partial charge in [-0.15, -0.1) is 11.6 Å². The van der Waals surface area contributed by atoms with Crippen molar-refractivity contribution in [1.82, 2.24) is 4.98 Å². The van der Waals surface area contributed by atoms with E-state index in [1.807, 2.05) is 6.07 Å². The quantitative estimate of drug-likeness (QED) is 0.795. The molecule has 1 fully saturated rings. The van der Waals surface area contributed by atoms with Crippen molar-refractivity contribution in [2.24, 2.45) is 5.92 Å². The molecule has 0 atom stereocenters. The zero-order chi connectivity index (χ0) is 13.0. The van der Waals surface area contributed by atoms with E-state index in [9.17, 15) is 0 Å². The first-order valence-corrected chi connectivity index (χ1v) is 7.11. The lowest BCUT2D eigenvalue weighted by molar-refractivity contribution is 0.0685.